The van der Waals surface area contributed by atoms with Gasteiger partial charge in [-0.25, -0.2) is 12.8 Å². The highest BCUT2D eigenvalue weighted by atomic mass is 32.2. The normalized spacial score (nSPS) is 13.7. The van der Waals surface area contributed by atoms with Gasteiger partial charge < -0.3 is 5.32 Å². The van der Waals surface area contributed by atoms with Crippen LogP contribution in [0.3, 0.4) is 0 Å². The van der Waals surface area contributed by atoms with Crippen LogP contribution < -0.4 is 9.62 Å². The molecule has 0 bridgehead atoms. The SMILES string of the molecule is CCc1ccc([C@@H](C)NC(=O)[C@H](C)N(c2cccc(F)c2)S(C)(=O)=O)cc1. The van der Waals surface area contributed by atoms with Gasteiger partial charge >= 0.3 is 0 Å². The molecule has 0 spiro atoms. The van der Waals surface area contributed by atoms with Crippen molar-refractivity contribution in [1.29, 1.82) is 0 Å². The number of halogens is 1. The Hall–Kier alpha value is -2.41. The maximum absolute atomic E-state index is 13.6. The Balaban J connectivity index is 2.21. The predicted octanol–water partition coefficient (Wildman–Crippen LogP) is 3.42. The summed E-state index contributed by atoms with van der Waals surface area (Å²) in [6, 6.07) is 11.7. The number of hydrogen-bond acceptors (Lipinski definition) is 3. The molecule has 0 saturated heterocycles. The summed E-state index contributed by atoms with van der Waals surface area (Å²) >= 11 is 0. The minimum Gasteiger partial charge on any atom is -0.348 e. The predicted molar refractivity (Wildman–Crippen MR) is 106 cm³/mol. The number of aryl methyl sites for hydroxylation is 1. The summed E-state index contributed by atoms with van der Waals surface area (Å²) < 4.78 is 39.0. The van der Waals surface area contributed by atoms with E-state index in [0.717, 1.165) is 28.6 Å². The Labute approximate surface area is 160 Å². The minimum absolute atomic E-state index is 0.111. The molecule has 146 valence electrons. The molecule has 2 atom stereocenters. The highest BCUT2D eigenvalue weighted by Crippen LogP contribution is 2.22. The number of hydrogen-bond donors (Lipinski definition) is 1. The van der Waals surface area contributed by atoms with Gasteiger partial charge in [-0.15, -0.1) is 0 Å². The quantitative estimate of drug-likeness (QED) is 0.785. The highest BCUT2D eigenvalue weighted by Gasteiger charge is 2.30. The largest absolute Gasteiger partial charge is 0.348 e. The third kappa shape index (κ3) is 5.29. The van der Waals surface area contributed by atoms with Gasteiger partial charge in [0.25, 0.3) is 0 Å². The Morgan fingerprint density at radius 1 is 1.15 bits per heavy atom. The summed E-state index contributed by atoms with van der Waals surface area (Å²) in [5, 5.41) is 2.83. The van der Waals surface area contributed by atoms with E-state index in [4.69, 9.17) is 0 Å². The average molecular weight is 392 g/mol. The van der Waals surface area contributed by atoms with Crippen molar-refractivity contribution in [3.05, 3.63) is 65.5 Å². The Morgan fingerprint density at radius 3 is 2.30 bits per heavy atom. The summed E-state index contributed by atoms with van der Waals surface area (Å²) in [7, 11) is -3.78. The molecule has 0 heterocycles. The van der Waals surface area contributed by atoms with Crippen LogP contribution in [0.5, 0.6) is 0 Å². The minimum atomic E-state index is -3.78. The van der Waals surface area contributed by atoms with Gasteiger partial charge in [0.15, 0.2) is 0 Å². The second kappa shape index (κ2) is 8.52. The first-order valence-corrected chi connectivity index (χ1v) is 10.6. The summed E-state index contributed by atoms with van der Waals surface area (Å²) in [6.07, 6.45) is 1.92. The summed E-state index contributed by atoms with van der Waals surface area (Å²) in [6.45, 7) is 5.38. The lowest BCUT2D eigenvalue weighted by Gasteiger charge is -2.29. The average Bonchev–Trinajstić information content (AvgIpc) is 2.60. The molecule has 0 aliphatic heterocycles. The van der Waals surface area contributed by atoms with E-state index in [9.17, 15) is 17.6 Å². The Morgan fingerprint density at radius 2 is 1.78 bits per heavy atom. The van der Waals surface area contributed by atoms with Crippen LogP contribution in [-0.2, 0) is 21.2 Å². The van der Waals surface area contributed by atoms with Gasteiger partial charge in [-0.1, -0.05) is 37.3 Å². The van der Waals surface area contributed by atoms with E-state index >= 15 is 0 Å². The second-order valence-electron chi connectivity index (χ2n) is 6.54. The molecule has 0 aromatic heterocycles. The smallest absolute Gasteiger partial charge is 0.244 e. The van der Waals surface area contributed by atoms with Crippen LogP contribution in [-0.4, -0.2) is 26.6 Å². The number of sulfonamides is 1. The van der Waals surface area contributed by atoms with Crippen molar-refractivity contribution >= 4 is 21.6 Å². The fraction of sp³-hybridized carbons (Fsp3) is 0.350. The molecule has 0 aliphatic carbocycles. The third-order valence-electron chi connectivity index (χ3n) is 4.40. The van der Waals surface area contributed by atoms with Crippen molar-refractivity contribution in [2.45, 2.75) is 39.3 Å². The molecular formula is C20H25FN2O3S. The number of carbonyl (C=O) groups is 1. The van der Waals surface area contributed by atoms with Crippen molar-refractivity contribution in [1.82, 2.24) is 5.32 Å². The first-order chi connectivity index (χ1) is 12.6. The number of nitrogens with one attached hydrogen (secondary N) is 1. The van der Waals surface area contributed by atoms with Gasteiger partial charge in [-0.2, -0.15) is 0 Å². The van der Waals surface area contributed by atoms with Crippen LogP contribution in [0, 0.1) is 5.82 Å². The first kappa shape index (κ1) is 20.9. The maximum Gasteiger partial charge on any atom is 0.244 e. The lowest BCUT2D eigenvalue weighted by atomic mass is 10.0. The van der Waals surface area contributed by atoms with Gasteiger partial charge in [-0.3, -0.25) is 9.10 Å². The van der Waals surface area contributed by atoms with Crippen LogP contribution in [0.4, 0.5) is 10.1 Å². The zero-order valence-electron chi connectivity index (χ0n) is 15.9. The number of rotatable bonds is 7. The molecule has 2 aromatic rings. The molecule has 2 rings (SSSR count). The number of carbonyl (C=O) groups excluding carboxylic acids is 1. The van der Waals surface area contributed by atoms with Gasteiger partial charge in [0.05, 0.1) is 18.0 Å². The molecule has 1 amide bonds. The molecule has 0 aliphatic rings. The van der Waals surface area contributed by atoms with Crippen LogP contribution in [0.1, 0.15) is 37.9 Å². The van der Waals surface area contributed by atoms with E-state index in [0.29, 0.717) is 0 Å². The molecular weight excluding hydrogens is 367 g/mol. The molecule has 0 unspecified atom stereocenters. The zero-order chi connectivity index (χ0) is 20.2. The van der Waals surface area contributed by atoms with Gasteiger partial charge in [0.2, 0.25) is 15.9 Å². The monoisotopic (exact) mass is 392 g/mol. The summed E-state index contributed by atoms with van der Waals surface area (Å²) in [5.41, 5.74) is 2.23. The highest BCUT2D eigenvalue weighted by molar-refractivity contribution is 7.92. The number of benzene rings is 2. The molecule has 0 saturated carbocycles. The Bertz CT molecular complexity index is 898. The van der Waals surface area contributed by atoms with Crippen molar-refractivity contribution in [2.24, 2.45) is 0 Å². The second-order valence-corrected chi connectivity index (χ2v) is 8.40. The maximum atomic E-state index is 13.6. The Kier molecular flexibility index (Phi) is 6.59. The van der Waals surface area contributed by atoms with E-state index in [-0.39, 0.29) is 11.7 Å². The molecule has 0 radical (unpaired) electrons. The van der Waals surface area contributed by atoms with E-state index < -0.39 is 27.8 Å². The fourth-order valence-electron chi connectivity index (χ4n) is 2.88. The van der Waals surface area contributed by atoms with Crippen LogP contribution in [0.2, 0.25) is 0 Å². The number of nitrogens with zero attached hydrogens (tertiary/aromatic N) is 1. The third-order valence-corrected chi connectivity index (χ3v) is 5.64. The van der Waals surface area contributed by atoms with E-state index in [1.54, 1.807) is 0 Å². The lowest BCUT2D eigenvalue weighted by molar-refractivity contribution is -0.122. The molecule has 2 aromatic carbocycles. The van der Waals surface area contributed by atoms with Crippen LogP contribution in [0.25, 0.3) is 0 Å². The van der Waals surface area contributed by atoms with Crippen molar-refractivity contribution in [3.63, 3.8) is 0 Å². The first-order valence-electron chi connectivity index (χ1n) is 8.77. The van der Waals surface area contributed by atoms with Crippen LogP contribution in [0.15, 0.2) is 48.5 Å². The van der Waals surface area contributed by atoms with E-state index in [1.807, 2.05) is 31.2 Å². The van der Waals surface area contributed by atoms with Crippen LogP contribution >= 0.6 is 0 Å². The lowest BCUT2D eigenvalue weighted by Crippen LogP contribution is -2.48. The molecule has 1 N–H and O–H groups in total. The standard InChI is InChI=1S/C20H25FN2O3S/c1-5-16-9-11-17(12-10-16)14(2)22-20(24)15(3)23(27(4,25)26)19-8-6-7-18(21)13-19/h6-15H,5H2,1-4H3,(H,22,24)/t14-,15+/m1/s1. The van der Waals surface area contributed by atoms with Gasteiger partial charge in [0, 0.05) is 0 Å². The molecule has 7 heteroatoms. The van der Waals surface area contributed by atoms with E-state index in [2.05, 4.69) is 12.2 Å². The molecule has 5 nitrogen and oxygen atoms in total. The topological polar surface area (TPSA) is 66.5 Å². The van der Waals surface area contributed by atoms with E-state index in [1.165, 1.54) is 30.7 Å². The zero-order valence-corrected chi connectivity index (χ0v) is 16.8. The van der Waals surface area contributed by atoms with Gasteiger partial charge in [0.1, 0.15) is 11.9 Å². The molecule has 0 fully saturated rings. The number of anilines is 1. The number of amides is 1. The summed E-state index contributed by atoms with van der Waals surface area (Å²) in [4.78, 5) is 12.7. The summed E-state index contributed by atoms with van der Waals surface area (Å²) in [5.74, 6) is -1.03. The van der Waals surface area contributed by atoms with Gasteiger partial charge in [-0.05, 0) is 49.6 Å². The van der Waals surface area contributed by atoms with Crippen molar-refractivity contribution < 1.29 is 17.6 Å². The van der Waals surface area contributed by atoms with Crippen molar-refractivity contribution in [2.75, 3.05) is 10.6 Å². The fourth-order valence-corrected chi connectivity index (χ4v) is 4.05. The van der Waals surface area contributed by atoms with Crippen molar-refractivity contribution in [3.8, 4) is 0 Å². The molecule has 27 heavy (non-hydrogen) atoms.